The second-order valence-electron chi connectivity index (χ2n) is 3.32. The number of amides is 1. The highest BCUT2D eigenvalue weighted by molar-refractivity contribution is 5.78. The molecule has 0 fully saturated rings. The van der Waals surface area contributed by atoms with Gasteiger partial charge in [-0.15, -0.1) is 6.58 Å². The zero-order chi connectivity index (χ0) is 12.0. The third-order valence-corrected chi connectivity index (χ3v) is 2.17. The summed E-state index contributed by atoms with van der Waals surface area (Å²) in [5.41, 5.74) is 11.8. The Bertz CT molecular complexity index is 352. The monoisotopic (exact) mass is 220 g/mol. The first-order chi connectivity index (χ1) is 7.69. The van der Waals surface area contributed by atoms with Crippen LogP contribution < -0.4 is 16.8 Å². The van der Waals surface area contributed by atoms with Gasteiger partial charge in [-0.25, -0.2) is 0 Å². The SMILES string of the molecule is C=CC(N)C(NC(=O)CN)c1ccccn1. The fourth-order valence-electron chi connectivity index (χ4n) is 1.30. The molecular formula is C11H16N4O. The Morgan fingerprint density at radius 2 is 2.38 bits per heavy atom. The molecule has 0 saturated carbocycles. The molecule has 1 aromatic rings. The number of hydrogen-bond acceptors (Lipinski definition) is 4. The van der Waals surface area contributed by atoms with Crippen LogP contribution in [-0.2, 0) is 4.79 Å². The Labute approximate surface area is 94.5 Å². The second-order valence-corrected chi connectivity index (χ2v) is 3.32. The Hall–Kier alpha value is -1.72. The van der Waals surface area contributed by atoms with Crippen molar-refractivity contribution >= 4 is 5.91 Å². The van der Waals surface area contributed by atoms with Crippen molar-refractivity contribution in [2.75, 3.05) is 6.54 Å². The summed E-state index contributed by atoms with van der Waals surface area (Å²) in [6, 6.07) is 4.63. The number of carbonyl (C=O) groups is 1. The van der Waals surface area contributed by atoms with Crippen molar-refractivity contribution in [3.05, 3.63) is 42.7 Å². The first-order valence-corrected chi connectivity index (χ1v) is 4.97. The maximum Gasteiger partial charge on any atom is 0.234 e. The number of pyridine rings is 1. The molecule has 0 saturated heterocycles. The van der Waals surface area contributed by atoms with E-state index < -0.39 is 12.1 Å². The average molecular weight is 220 g/mol. The molecule has 1 heterocycles. The van der Waals surface area contributed by atoms with Gasteiger partial charge in [-0.05, 0) is 12.1 Å². The maximum atomic E-state index is 11.3. The minimum atomic E-state index is -0.398. The van der Waals surface area contributed by atoms with E-state index in [4.69, 9.17) is 11.5 Å². The standard InChI is InChI=1S/C11H16N4O/c1-2-8(13)11(15-10(16)7-12)9-5-3-4-6-14-9/h2-6,8,11H,1,7,12-13H2,(H,15,16). The van der Waals surface area contributed by atoms with Crippen LogP contribution in [-0.4, -0.2) is 23.5 Å². The molecule has 0 bridgehead atoms. The number of nitrogens with two attached hydrogens (primary N) is 2. The largest absolute Gasteiger partial charge is 0.345 e. The van der Waals surface area contributed by atoms with Crippen LogP contribution in [0.25, 0.3) is 0 Å². The first kappa shape index (κ1) is 12.4. The summed E-state index contributed by atoms with van der Waals surface area (Å²) >= 11 is 0. The van der Waals surface area contributed by atoms with Crippen LogP contribution in [0.15, 0.2) is 37.1 Å². The van der Waals surface area contributed by atoms with Crippen LogP contribution in [0.1, 0.15) is 11.7 Å². The molecule has 0 aliphatic rings. The molecule has 2 unspecified atom stereocenters. The molecule has 5 nitrogen and oxygen atoms in total. The van der Waals surface area contributed by atoms with Gasteiger partial charge in [0.1, 0.15) is 0 Å². The lowest BCUT2D eigenvalue weighted by Crippen LogP contribution is -2.42. The smallest absolute Gasteiger partial charge is 0.234 e. The molecular weight excluding hydrogens is 204 g/mol. The van der Waals surface area contributed by atoms with Gasteiger partial charge in [0.25, 0.3) is 0 Å². The van der Waals surface area contributed by atoms with Crippen molar-refractivity contribution in [1.29, 1.82) is 0 Å². The zero-order valence-electron chi connectivity index (χ0n) is 8.97. The second kappa shape index (κ2) is 5.99. The van der Waals surface area contributed by atoms with E-state index in [0.717, 1.165) is 0 Å². The van der Waals surface area contributed by atoms with E-state index in [1.165, 1.54) is 0 Å². The third-order valence-electron chi connectivity index (χ3n) is 2.17. The molecule has 1 aromatic heterocycles. The molecule has 1 rings (SSSR count). The highest BCUT2D eigenvalue weighted by atomic mass is 16.1. The van der Waals surface area contributed by atoms with E-state index in [2.05, 4.69) is 16.9 Å². The normalized spacial score (nSPS) is 13.9. The van der Waals surface area contributed by atoms with E-state index in [1.54, 1.807) is 24.4 Å². The van der Waals surface area contributed by atoms with Crippen molar-refractivity contribution in [2.45, 2.75) is 12.1 Å². The van der Waals surface area contributed by atoms with Gasteiger partial charge in [0.15, 0.2) is 0 Å². The van der Waals surface area contributed by atoms with Gasteiger partial charge in [-0.2, -0.15) is 0 Å². The molecule has 1 amide bonds. The van der Waals surface area contributed by atoms with E-state index in [-0.39, 0.29) is 12.5 Å². The third kappa shape index (κ3) is 3.15. The summed E-state index contributed by atoms with van der Waals surface area (Å²) < 4.78 is 0. The molecule has 5 heteroatoms. The van der Waals surface area contributed by atoms with E-state index in [0.29, 0.717) is 5.69 Å². The minimum absolute atomic E-state index is 0.0762. The van der Waals surface area contributed by atoms with Crippen LogP contribution in [0.4, 0.5) is 0 Å². The van der Waals surface area contributed by atoms with E-state index in [1.807, 2.05) is 6.07 Å². The molecule has 0 aliphatic carbocycles. The number of nitrogens with zero attached hydrogens (tertiary/aromatic N) is 1. The Kier molecular flexibility index (Phi) is 4.63. The summed E-state index contributed by atoms with van der Waals surface area (Å²) in [7, 11) is 0. The summed E-state index contributed by atoms with van der Waals surface area (Å²) in [5.74, 6) is -0.270. The van der Waals surface area contributed by atoms with Gasteiger partial charge in [0.05, 0.1) is 18.3 Å². The molecule has 0 spiro atoms. The van der Waals surface area contributed by atoms with Crippen molar-refractivity contribution < 1.29 is 4.79 Å². The van der Waals surface area contributed by atoms with Crippen LogP contribution in [0.2, 0.25) is 0 Å². The van der Waals surface area contributed by atoms with Gasteiger partial charge in [-0.1, -0.05) is 12.1 Å². The number of nitrogens with one attached hydrogen (secondary N) is 1. The van der Waals surface area contributed by atoms with Gasteiger partial charge >= 0.3 is 0 Å². The lowest BCUT2D eigenvalue weighted by Gasteiger charge is -2.21. The first-order valence-electron chi connectivity index (χ1n) is 4.97. The van der Waals surface area contributed by atoms with Crippen molar-refractivity contribution in [1.82, 2.24) is 10.3 Å². The van der Waals surface area contributed by atoms with Crippen LogP contribution in [0.3, 0.4) is 0 Å². The van der Waals surface area contributed by atoms with Crippen LogP contribution in [0, 0.1) is 0 Å². The lowest BCUT2D eigenvalue weighted by atomic mass is 10.0. The Morgan fingerprint density at radius 1 is 1.62 bits per heavy atom. The van der Waals surface area contributed by atoms with Gasteiger partial charge in [0, 0.05) is 12.2 Å². The summed E-state index contributed by atoms with van der Waals surface area (Å²) in [4.78, 5) is 15.4. The fraction of sp³-hybridized carbons (Fsp3) is 0.273. The maximum absolute atomic E-state index is 11.3. The van der Waals surface area contributed by atoms with Crippen molar-refractivity contribution in [3.63, 3.8) is 0 Å². The predicted molar refractivity (Wildman–Crippen MR) is 62.3 cm³/mol. The highest BCUT2D eigenvalue weighted by Crippen LogP contribution is 2.13. The zero-order valence-corrected chi connectivity index (χ0v) is 8.97. The topological polar surface area (TPSA) is 94.0 Å². The van der Waals surface area contributed by atoms with Gasteiger partial charge in [0.2, 0.25) is 5.91 Å². The summed E-state index contributed by atoms with van der Waals surface area (Å²) in [6.07, 6.45) is 3.21. The lowest BCUT2D eigenvalue weighted by molar-refractivity contribution is -0.120. The molecule has 0 radical (unpaired) electrons. The van der Waals surface area contributed by atoms with Crippen LogP contribution in [0.5, 0.6) is 0 Å². The van der Waals surface area contributed by atoms with Gasteiger partial charge in [-0.3, -0.25) is 9.78 Å². The van der Waals surface area contributed by atoms with E-state index in [9.17, 15) is 4.79 Å². The van der Waals surface area contributed by atoms with Gasteiger partial charge < -0.3 is 16.8 Å². The Morgan fingerprint density at radius 3 is 2.88 bits per heavy atom. The molecule has 2 atom stereocenters. The molecule has 16 heavy (non-hydrogen) atoms. The molecule has 5 N–H and O–H groups in total. The van der Waals surface area contributed by atoms with E-state index >= 15 is 0 Å². The molecule has 86 valence electrons. The average Bonchev–Trinajstić information content (AvgIpc) is 2.35. The summed E-state index contributed by atoms with van der Waals surface area (Å²) in [5, 5.41) is 2.71. The minimum Gasteiger partial charge on any atom is -0.345 e. The molecule has 0 aliphatic heterocycles. The number of rotatable bonds is 5. The Balaban J connectivity index is 2.87. The molecule has 0 aromatic carbocycles. The quantitative estimate of drug-likeness (QED) is 0.594. The van der Waals surface area contributed by atoms with Crippen molar-refractivity contribution in [3.8, 4) is 0 Å². The summed E-state index contributed by atoms with van der Waals surface area (Å²) in [6.45, 7) is 3.53. The predicted octanol–water partition coefficient (Wildman–Crippen LogP) is -0.289. The van der Waals surface area contributed by atoms with Crippen molar-refractivity contribution in [2.24, 2.45) is 11.5 Å². The highest BCUT2D eigenvalue weighted by Gasteiger charge is 2.19. The number of aromatic nitrogens is 1. The number of carbonyl (C=O) groups excluding carboxylic acids is 1. The fourth-order valence-corrected chi connectivity index (χ4v) is 1.30. The van der Waals surface area contributed by atoms with Crippen LogP contribution >= 0.6 is 0 Å². The number of hydrogen-bond donors (Lipinski definition) is 3.